The number of anilines is 1. The maximum atomic E-state index is 14.1. The molecule has 1 atom stereocenters. The van der Waals surface area contributed by atoms with Crippen molar-refractivity contribution in [3.8, 4) is 5.69 Å². The Balaban J connectivity index is 1.52. The summed E-state index contributed by atoms with van der Waals surface area (Å²) in [7, 11) is 0. The number of benzene rings is 1. The maximum absolute atomic E-state index is 14.1. The van der Waals surface area contributed by atoms with Crippen LogP contribution in [0.2, 0.25) is 0 Å². The number of nitrogens with one attached hydrogen (secondary N) is 1. The van der Waals surface area contributed by atoms with Gasteiger partial charge in [-0.15, -0.1) is 0 Å². The molecule has 6 heteroatoms. The number of carbonyl (C=O) groups is 2. The average molecular weight is 341 g/mol. The number of likely N-dealkylation sites (tertiary alicyclic amines) is 1. The van der Waals surface area contributed by atoms with Crippen molar-refractivity contribution in [1.29, 1.82) is 0 Å². The second kappa shape index (κ2) is 6.35. The number of rotatable bonds is 4. The zero-order valence-corrected chi connectivity index (χ0v) is 13.8. The van der Waals surface area contributed by atoms with Gasteiger partial charge in [0, 0.05) is 30.5 Å². The molecule has 2 aromatic rings. The largest absolute Gasteiger partial charge is 0.330 e. The average Bonchev–Trinajstić information content (AvgIpc) is 3.11. The molecular formula is C19H20FN3O2. The molecule has 25 heavy (non-hydrogen) atoms. The summed E-state index contributed by atoms with van der Waals surface area (Å²) >= 11 is 0. The van der Waals surface area contributed by atoms with E-state index in [4.69, 9.17) is 0 Å². The Kier molecular flexibility index (Phi) is 4.03. The minimum absolute atomic E-state index is 0.0687. The van der Waals surface area contributed by atoms with Crippen LogP contribution in [0.1, 0.15) is 25.7 Å². The van der Waals surface area contributed by atoms with Gasteiger partial charge in [0.05, 0.1) is 5.69 Å². The molecule has 0 bridgehead atoms. The van der Waals surface area contributed by atoms with Crippen molar-refractivity contribution < 1.29 is 14.0 Å². The van der Waals surface area contributed by atoms with Crippen molar-refractivity contribution in [2.75, 3.05) is 11.9 Å². The Labute approximate surface area is 145 Å². The van der Waals surface area contributed by atoms with E-state index in [1.807, 2.05) is 29.1 Å². The van der Waals surface area contributed by atoms with Crippen LogP contribution in [0.3, 0.4) is 0 Å². The predicted molar refractivity (Wildman–Crippen MR) is 91.8 cm³/mol. The first-order valence-electron chi connectivity index (χ1n) is 8.68. The molecule has 1 aliphatic heterocycles. The van der Waals surface area contributed by atoms with Gasteiger partial charge in [-0.25, -0.2) is 4.39 Å². The van der Waals surface area contributed by atoms with E-state index in [1.54, 1.807) is 17.0 Å². The second-order valence-corrected chi connectivity index (χ2v) is 6.71. The van der Waals surface area contributed by atoms with Crippen molar-refractivity contribution in [2.24, 2.45) is 5.92 Å². The quantitative estimate of drug-likeness (QED) is 0.929. The zero-order valence-electron chi connectivity index (χ0n) is 13.8. The van der Waals surface area contributed by atoms with E-state index in [0.717, 1.165) is 24.9 Å². The lowest BCUT2D eigenvalue weighted by atomic mass is 10.2. The van der Waals surface area contributed by atoms with Crippen LogP contribution in [0.15, 0.2) is 42.7 Å². The molecule has 1 aromatic heterocycles. The van der Waals surface area contributed by atoms with Gasteiger partial charge < -0.3 is 14.8 Å². The third-order valence-corrected chi connectivity index (χ3v) is 4.88. The summed E-state index contributed by atoms with van der Waals surface area (Å²) in [5.41, 5.74) is 0.904. The molecule has 0 spiro atoms. The lowest BCUT2D eigenvalue weighted by Gasteiger charge is -2.24. The van der Waals surface area contributed by atoms with Crippen molar-refractivity contribution in [1.82, 2.24) is 9.47 Å². The van der Waals surface area contributed by atoms with E-state index in [-0.39, 0.29) is 23.4 Å². The van der Waals surface area contributed by atoms with Crippen molar-refractivity contribution in [3.63, 3.8) is 0 Å². The van der Waals surface area contributed by atoms with E-state index in [2.05, 4.69) is 5.32 Å². The monoisotopic (exact) mass is 341 g/mol. The van der Waals surface area contributed by atoms with E-state index < -0.39 is 11.9 Å². The highest BCUT2D eigenvalue weighted by atomic mass is 19.1. The Hall–Kier alpha value is -2.63. The Bertz CT molecular complexity index is 799. The Morgan fingerprint density at radius 1 is 1.12 bits per heavy atom. The van der Waals surface area contributed by atoms with Crippen LogP contribution >= 0.6 is 0 Å². The molecule has 1 saturated carbocycles. The predicted octanol–water partition coefficient (Wildman–Crippen LogP) is 2.96. The van der Waals surface area contributed by atoms with Crippen LogP contribution in [0.4, 0.5) is 10.1 Å². The highest BCUT2D eigenvalue weighted by Gasteiger charge is 2.40. The minimum Gasteiger partial charge on any atom is -0.330 e. The fourth-order valence-electron chi connectivity index (χ4n) is 3.36. The summed E-state index contributed by atoms with van der Waals surface area (Å²) < 4.78 is 16.0. The highest BCUT2D eigenvalue weighted by Crippen LogP contribution is 2.34. The number of hydrogen-bond donors (Lipinski definition) is 1. The van der Waals surface area contributed by atoms with E-state index in [9.17, 15) is 14.0 Å². The fourth-order valence-corrected chi connectivity index (χ4v) is 3.36. The summed E-state index contributed by atoms with van der Waals surface area (Å²) in [5.74, 6) is -0.640. The van der Waals surface area contributed by atoms with Crippen LogP contribution in [-0.2, 0) is 9.59 Å². The first kappa shape index (κ1) is 15.9. The molecule has 0 unspecified atom stereocenters. The van der Waals surface area contributed by atoms with Crippen molar-refractivity contribution in [3.05, 3.63) is 48.5 Å². The molecule has 2 fully saturated rings. The van der Waals surface area contributed by atoms with Gasteiger partial charge in [-0.1, -0.05) is 0 Å². The molecule has 1 saturated heterocycles. The SMILES string of the molecule is O=C(Nc1cc(-n2cccc2)ccc1F)[C@H]1CCCN1C(=O)C1CC1. The summed E-state index contributed by atoms with van der Waals surface area (Å²) in [5, 5.41) is 2.68. The Morgan fingerprint density at radius 3 is 2.60 bits per heavy atom. The fraction of sp³-hybridized carbons (Fsp3) is 0.368. The maximum Gasteiger partial charge on any atom is 0.247 e. The lowest BCUT2D eigenvalue weighted by Crippen LogP contribution is -2.43. The topological polar surface area (TPSA) is 54.3 Å². The van der Waals surface area contributed by atoms with Gasteiger partial charge >= 0.3 is 0 Å². The Morgan fingerprint density at radius 2 is 1.88 bits per heavy atom. The molecule has 5 nitrogen and oxygen atoms in total. The summed E-state index contributed by atoms with van der Waals surface area (Å²) in [6.45, 7) is 0.610. The molecule has 2 aliphatic rings. The highest BCUT2D eigenvalue weighted by molar-refractivity contribution is 5.98. The third kappa shape index (κ3) is 3.16. The van der Waals surface area contributed by atoms with Crippen molar-refractivity contribution in [2.45, 2.75) is 31.7 Å². The van der Waals surface area contributed by atoms with Gasteiger partial charge in [-0.3, -0.25) is 9.59 Å². The lowest BCUT2D eigenvalue weighted by molar-refractivity contribution is -0.137. The van der Waals surface area contributed by atoms with E-state index in [1.165, 1.54) is 6.07 Å². The van der Waals surface area contributed by atoms with E-state index in [0.29, 0.717) is 13.0 Å². The van der Waals surface area contributed by atoms with Gasteiger partial charge in [0.15, 0.2) is 0 Å². The van der Waals surface area contributed by atoms with Crippen molar-refractivity contribution >= 4 is 17.5 Å². The first-order valence-corrected chi connectivity index (χ1v) is 8.68. The molecular weight excluding hydrogens is 321 g/mol. The molecule has 130 valence electrons. The van der Waals surface area contributed by atoms with Crippen LogP contribution in [0.5, 0.6) is 0 Å². The summed E-state index contributed by atoms with van der Waals surface area (Å²) in [6, 6.07) is 7.86. The number of halogens is 1. The first-order chi connectivity index (χ1) is 12.1. The molecule has 2 amide bonds. The standard InChI is InChI=1S/C19H20FN3O2/c20-15-8-7-14(22-9-1-2-10-22)12-16(15)21-18(24)17-4-3-11-23(17)19(25)13-5-6-13/h1-2,7-10,12-13,17H,3-6,11H2,(H,21,24)/t17-/m1/s1. The van der Waals surface area contributed by atoms with Gasteiger partial charge in [0.1, 0.15) is 11.9 Å². The van der Waals surface area contributed by atoms with Crippen LogP contribution in [0.25, 0.3) is 5.69 Å². The van der Waals surface area contributed by atoms with Gasteiger partial charge in [0.2, 0.25) is 11.8 Å². The zero-order chi connectivity index (χ0) is 17.4. The van der Waals surface area contributed by atoms with Crippen LogP contribution in [0, 0.1) is 11.7 Å². The molecule has 1 aliphatic carbocycles. The smallest absolute Gasteiger partial charge is 0.247 e. The number of aromatic nitrogens is 1. The normalized spacial score (nSPS) is 19.9. The van der Waals surface area contributed by atoms with E-state index >= 15 is 0 Å². The van der Waals surface area contributed by atoms with Gasteiger partial charge in [-0.05, 0) is 56.0 Å². The summed E-state index contributed by atoms with van der Waals surface area (Å²) in [4.78, 5) is 26.6. The molecule has 4 rings (SSSR count). The second-order valence-electron chi connectivity index (χ2n) is 6.71. The van der Waals surface area contributed by atoms with Gasteiger partial charge in [-0.2, -0.15) is 0 Å². The number of carbonyl (C=O) groups excluding carboxylic acids is 2. The molecule has 1 aromatic carbocycles. The number of nitrogens with zero attached hydrogens (tertiary/aromatic N) is 2. The number of amides is 2. The van der Waals surface area contributed by atoms with Gasteiger partial charge in [0.25, 0.3) is 0 Å². The minimum atomic E-state index is -0.497. The summed E-state index contributed by atoms with van der Waals surface area (Å²) in [6.07, 6.45) is 6.97. The third-order valence-electron chi connectivity index (χ3n) is 4.88. The molecule has 2 heterocycles. The molecule has 1 N–H and O–H groups in total. The van der Waals surface area contributed by atoms with Crippen LogP contribution in [-0.4, -0.2) is 33.9 Å². The number of hydrogen-bond acceptors (Lipinski definition) is 2. The van der Waals surface area contributed by atoms with Crippen LogP contribution < -0.4 is 5.32 Å². The molecule has 0 radical (unpaired) electrons.